The lowest BCUT2D eigenvalue weighted by Gasteiger charge is -2.27. The Morgan fingerprint density at radius 3 is 2.48 bits per heavy atom. The number of nitrogens with one attached hydrogen (secondary N) is 2. The van der Waals surface area contributed by atoms with E-state index in [1.165, 1.54) is 16.2 Å². The number of aryl methyl sites for hydroxylation is 1. The summed E-state index contributed by atoms with van der Waals surface area (Å²) in [5, 5.41) is 2.84. The van der Waals surface area contributed by atoms with Crippen molar-refractivity contribution in [2.75, 3.05) is 0 Å². The predicted octanol–water partition coefficient (Wildman–Crippen LogP) is 2.79. The number of urea groups is 1. The number of benzene rings is 1. The van der Waals surface area contributed by atoms with Crippen LogP contribution in [-0.2, 0) is 11.3 Å². The molecule has 3 aromatic rings. The zero-order valence-corrected chi connectivity index (χ0v) is 15.9. The van der Waals surface area contributed by atoms with Crippen LogP contribution in [0.5, 0.6) is 0 Å². The maximum absolute atomic E-state index is 12.8. The Morgan fingerprint density at radius 2 is 1.85 bits per heavy atom. The van der Waals surface area contributed by atoms with Gasteiger partial charge in [-0.15, -0.1) is 11.3 Å². The Morgan fingerprint density at radius 1 is 1.15 bits per heavy atom. The molecule has 7 nitrogen and oxygen atoms in total. The molecule has 1 fully saturated rings. The summed E-state index contributed by atoms with van der Waals surface area (Å²) >= 11 is 1.44. The fraction of sp³-hybridized carbons (Fsp3) is 0.263. The van der Waals surface area contributed by atoms with Gasteiger partial charge in [0.25, 0.3) is 11.5 Å². The van der Waals surface area contributed by atoms with Gasteiger partial charge in [0, 0.05) is 10.4 Å². The smallest absolute Gasteiger partial charge is 0.308 e. The van der Waals surface area contributed by atoms with Crippen molar-refractivity contribution in [3.8, 4) is 11.1 Å². The minimum atomic E-state index is -0.995. The van der Waals surface area contributed by atoms with Crippen LogP contribution >= 0.6 is 11.3 Å². The molecule has 0 aliphatic carbocycles. The molecule has 3 heterocycles. The van der Waals surface area contributed by atoms with Crippen molar-refractivity contribution in [1.82, 2.24) is 20.2 Å². The van der Waals surface area contributed by atoms with Gasteiger partial charge in [-0.3, -0.25) is 14.9 Å². The van der Waals surface area contributed by atoms with Crippen molar-refractivity contribution in [2.45, 2.75) is 32.9 Å². The van der Waals surface area contributed by atoms with E-state index >= 15 is 0 Å². The molecule has 0 saturated carbocycles. The number of nitrogens with zero attached hydrogens (tertiary/aromatic N) is 2. The third-order valence-corrected chi connectivity index (χ3v) is 5.85. The normalized spacial score (nSPS) is 16.2. The Hall–Kier alpha value is -3.00. The Balaban J connectivity index is 1.79. The second-order valence-corrected chi connectivity index (χ2v) is 8.20. The standard InChI is InChI=1S/C19H18N4O3S/c1-10-13(11-7-5-4-6-8-11)14-15(24)20-12(21-16(14)27-10)9-23-18(26)22-17(25)19(23,2)3/h4-8H,9H2,1-3H3,(H,20,21,24)(H,22,25,26). The van der Waals surface area contributed by atoms with E-state index in [0.717, 1.165) is 16.0 Å². The molecule has 138 valence electrons. The number of hydrogen-bond donors (Lipinski definition) is 2. The predicted molar refractivity (Wildman–Crippen MR) is 104 cm³/mol. The molecule has 1 saturated heterocycles. The summed E-state index contributed by atoms with van der Waals surface area (Å²) in [4.78, 5) is 47.1. The Labute approximate surface area is 159 Å². The lowest BCUT2D eigenvalue weighted by molar-refractivity contribution is -0.125. The van der Waals surface area contributed by atoms with Gasteiger partial charge in [0.2, 0.25) is 0 Å². The van der Waals surface area contributed by atoms with Crippen molar-refractivity contribution < 1.29 is 9.59 Å². The van der Waals surface area contributed by atoms with Crippen molar-refractivity contribution in [1.29, 1.82) is 0 Å². The van der Waals surface area contributed by atoms with Gasteiger partial charge in [-0.05, 0) is 26.3 Å². The van der Waals surface area contributed by atoms with Crippen LogP contribution in [0, 0.1) is 6.92 Å². The molecule has 1 aliphatic rings. The van der Waals surface area contributed by atoms with E-state index < -0.39 is 11.6 Å². The number of carbonyl (C=O) groups excluding carboxylic acids is 2. The molecular weight excluding hydrogens is 364 g/mol. The molecule has 0 unspecified atom stereocenters. The zero-order valence-electron chi connectivity index (χ0n) is 15.1. The monoisotopic (exact) mass is 382 g/mol. The minimum Gasteiger partial charge on any atom is -0.308 e. The molecule has 0 spiro atoms. The van der Waals surface area contributed by atoms with E-state index in [-0.39, 0.29) is 18.0 Å². The summed E-state index contributed by atoms with van der Waals surface area (Å²) in [6, 6.07) is 9.23. The average Bonchev–Trinajstić information content (AvgIpc) is 3.04. The molecule has 1 aliphatic heterocycles. The number of rotatable bonds is 3. The summed E-state index contributed by atoms with van der Waals surface area (Å²) in [6.45, 7) is 5.33. The van der Waals surface area contributed by atoms with Crippen molar-refractivity contribution in [2.24, 2.45) is 0 Å². The van der Waals surface area contributed by atoms with E-state index in [9.17, 15) is 14.4 Å². The van der Waals surface area contributed by atoms with Gasteiger partial charge in [-0.2, -0.15) is 0 Å². The van der Waals surface area contributed by atoms with Crippen molar-refractivity contribution in [3.05, 3.63) is 51.4 Å². The highest BCUT2D eigenvalue weighted by Gasteiger charge is 2.45. The molecule has 2 aromatic heterocycles. The summed E-state index contributed by atoms with van der Waals surface area (Å²) in [5.41, 5.74) is 0.602. The highest BCUT2D eigenvalue weighted by Crippen LogP contribution is 2.35. The summed E-state index contributed by atoms with van der Waals surface area (Å²) in [7, 11) is 0. The van der Waals surface area contributed by atoms with E-state index in [1.807, 2.05) is 37.3 Å². The topological polar surface area (TPSA) is 95.2 Å². The molecule has 2 N–H and O–H groups in total. The van der Waals surface area contributed by atoms with Crippen LogP contribution in [0.2, 0.25) is 0 Å². The largest absolute Gasteiger partial charge is 0.325 e. The quantitative estimate of drug-likeness (QED) is 0.681. The molecule has 4 rings (SSSR count). The number of hydrogen-bond acceptors (Lipinski definition) is 5. The second-order valence-electron chi connectivity index (χ2n) is 7.00. The lowest BCUT2D eigenvalue weighted by atomic mass is 10.0. The second kappa shape index (κ2) is 6.02. The van der Waals surface area contributed by atoms with Gasteiger partial charge in [0.1, 0.15) is 16.2 Å². The molecule has 3 amide bonds. The van der Waals surface area contributed by atoms with Crippen molar-refractivity contribution >= 4 is 33.5 Å². The van der Waals surface area contributed by atoms with E-state index in [1.54, 1.807) is 13.8 Å². The molecule has 0 bridgehead atoms. The summed E-state index contributed by atoms with van der Waals surface area (Å²) in [5.74, 6) is -0.0134. The van der Waals surface area contributed by atoms with E-state index in [0.29, 0.717) is 16.0 Å². The molecule has 27 heavy (non-hydrogen) atoms. The highest BCUT2D eigenvalue weighted by molar-refractivity contribution is 7.19. The van der Waals surface area contributed by atoms with Crippen LogP contribution < -0.4 is 10.9 Å². The summed E-state index contributed by atoms with van der Waals surface area (Å²) in [6.07, 6.45) is 0. The summed E-state index contributed by atoms with van der Waals surface area (Å²) < 4.78 is 0. The van der Waals surface area contributed by atoms with Crippen LogP contribution in [0.25, 0.3) is 21.3 Å². The molecule has 0 radical (unpaired) electrons. The lowest BCUT2D eigenvalue weighted by Crippen LogP contribution is -2.44. The van der Waals surface area contributed by atoms with Gasteiger partial charge in [0.05, 0.1) is 11.9 Å². The molecule has 8 heteroatoms. The first-order valence-corrected chi connectivity index (χ1v) is 9.31. The van der Waals surface area contributed by atoms with Gasteiger partial charge in [0.15, 0.2) is 0 Å². The first-order valence-electron chi connectivity index (χ1n) is 8.50. The van der Waals surface area contributed by atoms with E-state index in [2.05, 4.69) is 15.3 Å². The first kappa shape index (κ1) is 17.4. The van der Waals surface area contributed by atoms with Gasteiger partial charge < -0.3 is 9.88 Å². The number of aromatic nitrogens is 2. The van der Waals surface area contributed by atoms with Crippen LogP contribution in [0.15, 0.2) is 35.1 Å². The minimum absolute atomic E-state index is 0.0490. The third-order valence-electron chi connectivity index (χ3n) is 4.85. The maximum Gasteiger partial charge on any atom is 0.325 e. The van der Waals surface area contributed by atoms with Gasteiger partial charge in [-0.25, -0.2) is 9.78 Å². The fourth-order valence-corrected chi connectivity index (χ4v) is 4.37. The molecule has 0 atom stereocenters. The number of imide groups is 1. The fourth-order valence-electron chi connectivity index (χ4n) is 3.30. The number of carbonyl (C=O) groups is 2. The van der Waals surface area contributed by atoms with Crippen molar-refractivity contribution in [3.63, 3.8) is 0 Å². The van der Waals surface area contributed by atoms with Crippen LogP contribution in [0.1, 0.15) is 24.5 Å². The number of H-pyrrole nitrogens is 1. The SMILES string of the molecule is Cc1sc2nc(CN3C(=O)NC(=O)C3(C)C)[nH]c(=O)c2c1-c1ccccc1. The number of thiophene rings is 1. The van der Waals surface area contributed by atoms with Crippen LogP contribution in [0.4, 0.5) is 4.79 Å². The van der Waals surface area contributed by atoms with Crippen LogP contribution in [-0.4, -0.2) is 32.3 Å². The van der Waals surface area contributed by atoms with Crippen LogP contribution in [0.3, 0.4) is 0 Å². The highest BCUT2D eigenvalue weighted by atomic mass is 32.1. The van der Waals surface area contributed by atoms with Gasteiger partial charge in [-0.1, -0.05) is 30.3 Å². The maximum atomic E-state index is 12.8. The Kier molecular flexibility index (Phi) is 3.88. The molecule has 1 aromatic carbocycles. The number of fused-ring (bicyclic) bond motifs is 1. The molecular formula is C19H18N4O3S. The zero-order chi connectivity index (χ0) is 19.3. The Bertz CT molecular complexity index is 1130. The average molecular weight is 382 g/mol. The number of aromatic amines is 1. The third kappa shape index (κ3) is 2.73. The van der Waals surface area contributed by atoms with Gasteiger partial charge >= 0.3 is 6.03 Å². The first-order chi connectivity index (χ1) is 12.8. The van der Waals surface area contributed by atoms with E-state index in [4.69, 9.17) is 0 Å². The number of amides is 3.